The van der Waals surface area contributed by atoms with Crippen LogP contribution in [0.2, 0.25) is 0 Å². The normalized spacial score (nSPS) is 11.6. The fourth-order valence-electron chi connectivity index (χ4n) is 8.28. The standard InChI is InChI=1S/C51H33N5/c1-4-16-36(17-5-1)49-52-50(37-18-6-2-7-19-37)54-51(53-49)56-46-29-13-11-23-42(46)44-27-15-25-40(48(44)56)35-32-30-34(31-33-35)39-24-14-26-43-41-22-10-12-28-45(41)55(47(39)43)38-20-8-3-9-21-38/h1-33H. The van der Waals surface area contributed by atoms with Crippen molar-refractivity contribution in [1.29, 1.82) is 0 Å². The maximum absolute atomic E-state index is 5.18. The highest BCUT2D eigenvalue weighted by molar-refractivity contribution is 6.15. The van der Waals surface area contributed by atoms with E-state index in [0.29, 0.717) is 17.6 Å². The molecule has 0 amide bonds. The molecule has 0 atom stereocenters. The number of fused-ring (bicyclic) bond motifs is 6. The molecule has 0 aliphatic heterocycles. The highest BCUT2D eigenvalue weighted by Crippen LogP contribution is 2.41. The van der Waals surface area contributed by atoms with Gasteiger partial charge in [-0.1, -0.05) is 176 Å². The van der Waals surface area contributed by atoms with Gasteiger partial charge in [-0.2, -0.15) is 9.97 Å². The van der Waals surface area contributed by atoms with Gasteiger partial charge in [-0.15, -0.1) is 0 Å². The van der Waals surface area contributed by atoms with E-state index in [2.05, 4.69) is 149 Å². The van der Waals surface area contributed by atoms with Gasteiger partial charge in [0.1, 0.15) is 0 Å². The molecule has 11 aromatic rings. The molecule has 5 heteroatoms. The second-order valence-corrected chi connectivity index (χ2v) is 14.0. The van der Waals surface area contributed by atoms with Crippen LogP contribution < -0.4 is 0 Å². The first-order valence-corrected chi connectivity index (χ1v) is 18.9. The van der Waals surface area contributed by atoms with Crippen molar-refractivity contribution in [2.24, 2.45) is 0 Å². The second-order valence-electron chi connectivity index (χ2n) is 14.0. The maximum Gasteiger partial charge on any atom is 0.238 e. The van der Waals surface area contributed by atoms with Gasteiger partial charge in [0.25, 0.3) is 0 Å². The summed E-state index contributed by atoms with van der Waals surface area (Å²) in [7, 11) is 0. The Bertz CT molecular complexity index is 3160. The van der Waals surface area contributed by atoms with Gasteiger partial charge in [-0.3, -0.25) is 4.57 Å². The van der Waals surface area contributed by atoms with Gasteiger partial charge in [0.2, 0.25) is 5.95 Å². The Labute approximate surface area is 323 Å². The van der Waals surface area contributed by atoms with E-state index in [-0.39, 0.29) is 0 Å². The summed E-state index contributed by atoms with van der Waals surface area (Å²) >= 11 is 0. The van der Waals surface area contributed by atoms with Crippen LogP contribution in [0.25, 0.3) is 100 Å². The molecule has 0 aliphatic rings. The molecule has 0 saturated carbocycles. The van der Waals surface area contributed by atoms with Gasteiger partial charge < -0.3 is 4.57 Å². The lowest BCUT2D eigenvalue weighted by Gasteiger charge is -2.14. The van der Waals surface area contributed by atoms with Crippen LogP contribution in [0.15, 0.2) is 200 Å². The average molecular weight is 716 g/mol. The van der Waals surface area contributed by atoms with Crippen LogP contribution in [0.3, 0.4) is 0 Å². The number of hydrogen-bond acceptors (Lipinski definition) is 3. The Kier molecular flexibility index (Phi) is 7.42. The Hall–Kier alpha value is -7.63. The molecule has 11 rings (SSSR count). The molecule has 3 aromatic heterocycles. The fourth-order valence-corrected chi connectivity index (χ4v) is 8.28. The first kappa shape index (κ1) is 31.9. The van der Waals surface area contributed by atoms with E-state index < -0.39 is 0 Å². The van der Waals surface area contributed by atoms with Crippen molar-refractivity contribution in [1.82, 2.24) is 24.1 Å². The molecule has 0 fully saturated rings. The minimum absolute atomic E-state index is 0.577. The first-order valence-electron chi connectivity index (χ1n) is 18.9. The molecule has 0 aliphatic carbocycles. The van der Waals surface area contributed by atoms with E-state index in [9.17, 15) is 0 Å². The number of rotatable bonds is 6. The molecule has 0 bridgehead atoms. The quantitative estimate of drug-likeness (QED) is 0.172. The minimum Gasteiger partial charge on any atom is -0.309 e. The van der Waals surface area contributed by atoms with Crippen LogP contribution in [0.5, 0.6) is 0 Å². The molecule has 8 aromatic carbocycles. The van der Waals surface area contributed by atoms with E-state index in [1.807, 2.05) is 60.7 Å². The number of para-hydroxylation sites is 5. The lowest BCUT2D eigenvalue weighted by molar-refractivity contribution is 0.954. The van der Waals surface area contributed by atoms with E-state index in [1.54, 1.807) is 0 Å². The summed E-state index contributed by atoms with van der Waals surface area (Å²) in [5, 5.41) is 4.77. The van der Waals surface area contributed by atoms with Crippen molar-refractivity contribution in [3.05, 3.63) is 200 Å². The van der Waals surface area contributed by atoms with E-state index >= 15 is 0 Å². The molecular weight excluding hydrogens is 683 g/mol. The molecule has 0 saturated heterocycles. The summed E-state index contributed by atoms with van der Waals surface area (Å²) in [6, 6.07) is 70.4. The molecule has 0 spiro atoms. The van der Waals surface area contributed by atoms with Gasteiger partial charge >= 0.3 is 0 Å². The lowest BCUT2D eigenvalue weighted by Crippen LogP contribution is -2.06. The summed E-state index contributed by atoms with van der Waals surface area (Å²) in [5.74, 6) is 1.84. The molecule has 56 heavy (non-hydrogen) atoms. The minimum atomic E-state index is 0.577. The van der Waals surface area contributed by atoms with Crippen LogP contribution in [0.1, 0.15) is 0 Å². The fraction of sp³-hybridized carbons (Fsp3) is 0. The lowest BCUT2D eigenvalue weighted by atomic mass is 9.97. The summed E-state index contributed by atoms with van der Waals surface area (Å²) in [5.41, 5.74) is 12.1. The monoisotopic (exact) mass is 715 g/mol. The second kappa shape index (κ2) is 13.0. The van der Waals surface area contributed by atoms with Crippen LogP contribution in [0.4, 0.5) is 0 Å². The molecular formula is C51H33N5. The number of aromatic nitrogens is 5. The zero-order chi connectivity index (χ0) is 37.0. The molecule has 0 radical (unpaired) electrons. The Morgan fingerprint density at radius 3 is 1.21 bits per heavy atom. The first-order chi connectivity index (χ1) is 27.8. The highest BCUT2D eigenvalue weighted by atomic mass is 15.2. The molecule has 0 N–H and O–H groups in total. The van der Waals surface area contributed by atoms with Gasteiger partial charge in [0, 0.05) is 49.5 Å². The zero-order valence-corrected chi connectivity index (χ0v) is 30.3. The van der Waals surface area contributed by atoms with Crippen molar-refractivity contribution < 1.29 is 0 Å². The van der Waals surface area contributed by atoms with Gasteiger partial charge in [0.15, 0.2) is 11.6 Å². The SMILES string of the molecule is c1ccc(-c2nc(-c3ccccc3)nc(-n3c4ccccc4c4cccc(-c5ccc(-c6cccc7c8ccccc8n(-c8ccccc8)c67)cc5)c43)n2)cc1. The third kappa shape index (κ3) is 5.13. The average Bonchev–Trinajstić information content (AvgIpc) is 3.81. The van der Waals surface area contributed by atoms with Crippen molar-refractivity contribution in [2.75, 3.05) is 0 Å². The number of benzene rings is 8. The Morgan fingerprint density at radius 1 is 0.286 bits per heavy atom. The van der Waals surface area contributed by atoms with E-state index in [1.165, 1.54) is 27.4 Å². The summed E-state index contributed by atoms with van der Waals surface area (Å²) < 4.78 is 4.61. The van der Waals surface area contributed by atoms with E-state index in [4.69, 9.17) is 15.0 Å². The summed E-state index contributed by atoms with van der Waals surface area (Å²) in [6.45, 7) is 0. The van der Waals surface area contributed by atoms with Crippen LogP contribution in [-0.2, 0) is 0 Å². The van der Waals surface area contributed by atoms with Gasteiger partial charge in [0.05, 0.1) is 22.1 Å². The van der Waals surface area contributed by atoms with Crippen LogP contribution in [-0.4, -0.2) is 24.1 Å². The topological polar surface area (TPSA) is 48.5 Å². The van der Waals surface area contributed by atoms with Gasteiger partial charge in [-0.05, 0) is 35.4 Å². The predicted octanol–water partition coefficient (Wildman–Crippen LogP) is 12.7. The van der Waals surface area contributed by atoms with Crippen molar-refractivity contribution in [3.8, 4) is 56.7 Å². The number of hydrogen-bond donors (Lipinski definition) is 0. The number of nitrogens with zero attached hydrogens (tertiary/aromatic N) is 5. The Morgan fingerprint density at radius 2 is 0.696 bits per heavy atom. The van der Waals surface area contributed by atoms with Crippen molar-refractivity contribution in [2.45, 2.75) is 0 Å². The molecule has 3 heterocycles. The summed E-state index contributed by atoms with van der Waals surface area (Å²) in [4.78, 5) is 15.3. The van der Waals surface area contributed by atoms with Crippen LogP contribution in [0, 0.1) is 0 Å². The third-order valence-electron chi connectivity index (χ3n) is 10.8. The Balaban J connectivity index is 1.12. The third-order valence-corrected chi connectivity index (χ3v) is 10.8. The molecule has 262 valence electrons. The highest BCUT2D eigenvalue weighted by Gasteiger charge is 2.21. The summed E-state index contributed by atoms with van der Waals surface area (Å²) in [6.07, 6.45) is 0. The molecule has 5 nitrogen and oxygen atoms in total. The molecule has 0 unspecified atom stereocenters. The van der Waals surface area contributed by atoms with Crippen molar-refractivity contribution >= 4 is 43.6 Å². The zero-order valence-electron chi connectivity index (χ0n) is 30.3. The smallest absolute Gasteiger partial charge is 0.238 e. The maximum atomic E-state index is 5.18. The van der Waals surface area contributed by atoms with Gasteiger partial charge in [-0.25, -0.2) is 4.98 Å². The predicted molar refractivity (Wildman–Crippen MR) is 230 cm³/mol. The van der Waals surface area contributed by atoms with Crippen LogP contribution >= 0.6 is 0 Å². The van der Waals surface area contributed by atoms with E-state index in [0.717, 1.165) is 55.3 Å². The van der Waals surface area contributed by atoms with Crippen molar-refractivity contribution in [3.63, 3.8) is 0 Å². The largest absolute Gasteiger partial charge is 0.309 e.